The van der Waals surface area contributed by atoms with Gasteiger partial charge >= 0.3 is 0 Å². The molecular weight excluding hydrogens is 354 g/mol. The molecule has 1 heterocycles. The highest BCUT2D eigenvalue weighted by Crippen LogP contribution is 2.18. The molecule has 0 aliphatic carbocycles. The van der Waals surface area contributed by atoms with Crippen LogP contribution in [0.1, 0.15) is 30.9 Å². The van der Waals surface area contributed by atoms with E-state index in [-0.39, 0.29) is 25.1 Å². The molecule has 0 aliphatic rings. The standard InChI is InChI=1S/C22H25N3O3/c1-15(2)25(21(26)14-27-19-10-6-8-17(4)12-19)13-20-23-22(24-28-20)18-9-5-7-16(3)11-18/h5-12,15H,13-14H2,1-4H3. The molecule has 0 saturated heterocycles. The minimum atomic E-state index is -0.133. The molecule has 146 valence electrons. The fourth-order valence-corrected chi connectivity index (χ4v) is 2.86. The molecule has 3 aromatic rings. The summed E-state index contributed by atoms with van der Waals surface area (Å²) in [5, 5.41) is 4.05. The number of benzene rings is 2. The Morgan fingerprint density at radius 3 is 2.50 bits per heavy atom. The van der Waals surface area contributed by atoms with E-state index in [1.54, 1.807) is 4.90 Å². The smallest absolute Gasteiger partial charge is 0.261 e. The van der Waals surface area contributed by atoms with Crippen LogP contribution in [0.25, 0.3) is 11.4 Å². The second-order valence-corrected chi connectivity index (χ2v) is 7.10. The summed E-state index contributed by atoms with van der Waals surface area (Å²) in [6.07, 6.45) is 0. The molecule has 6 nitrogen and oxygen atoms in total. The highest BCUT2D eigenvalue weighted by atomic mass is 16.5. The van der Waals surface area contributed by atoms with Gasteiger partial charge in [-0.1, -0.05) is 41.1 Å². The van der Waals surface area contributed by atoms with Gasteiger partial charge in [0.1, 0.15) is 12.3 Å². The van der Waals surface area contributed by atoms with Crippen LogP contribution in [0.2, 0.25) is 0 Å². The van der Waals surface area contributed by atoms with Crippen molar-refractivity contribution in [2.24, 2.45) is 0 Å². The number of aromatic nitrogens is 2. The maximum atomic E-state index is 12.7. The van der Waals surface area contributed by atoms with Gasteiger partial charge in [-0.3, -0.25) is 4.79 Å². The van der Waals surface area contributed by atoms with E-state index in [1.165, 1.54) is 0 Å². The van der Waals surface area contributed by atoms with Crippen LogP contribution in [0.15, 0.2) is 53.1 Å². The number of hydrogen-bond acceptors (Lipinski definition) is 5. The van der Waals surface area contributed by atoms with Gasteiger partial charge in [0.2, 0.25) is 11.7 Å². The first-order valence-electron chi connectivity index (χ1n) is 9.31. The molecule has 6 heteroatoms. The highest BCUT2D eigenvalue weighted by molar-refractivity contribution is 5.78. The van der Waals surface area contributed by atoms with E-state index in [0.717, 1.165) is 16.7 Å². The predicted octanol–water partition coefficient (Wildman–Crippen LogP) is 4.17. The minimum absolute atomic E-state index is 0.0251. The summed E-state index contributed by atoms with van der Waals surface area (Å²) in [6, 6.07) is 15.5. The monoisotopic (exact) mass is 379 g/mol. The quantitative estimate of drug-likeness (QED) is 0.616. The highest BCUT2D eigenvalue weighted by Gasteiger charge is 2.21. The molecule has 0 N–H and O–H groups in total. The normalized spacial score (nSPS) is 10.9. The van der Waals surface area contributed by atoms with Crippen LogP contribution in [-0.4, -0.2) is 33.6 Å². The third kappa shape index (κ3) is 4.97. The first-order valence-corrected chi connectivity index (χ1v) is 9.31. The van der Waals surface area contributed by atoms with E-state index in [1.807, 2.05) is 76.2 Å². The van der Waals surface area contributed by atoms with Crippen LogP contribution in [0.3, 0.4) is 0 Å². The average Bonchev–Trinajstić information content (AvgIpc) is 3.13. The Labute approximate surface area is 165 Å². The molecule has 0 radical (unpaired) electrons. The van der Waals surface area contributed by atoms with Crippen molar-refractivity contribution < 1.29 is 14.1 Å². The van der Waals surface area contributed by atoms with Gasteiger partial charge in [0, 0.05) is 11.6 Å². The molecule has 0 aliphatic heterocycles. The number of hydrogen-bond donors (Lipinski definition) is 0. The molecule has 0 saturated carbocycles. The van der Waals surface area contributed by atoms with Gasteiger partial charge in [-0.25, -0.2) is 0 Å². The lowest BCUT2D eigenvalue weighted by molar-refractivity contribution is -0.136. The van der Waals surface area contributed by atoms with Crippen LogP contribution < -0.4 is 4.74 Å². The van der Waals surface area contributed by atoms with E-state index in [0.29, 0.717) is 17.5 Å². The van der Waals surface area contributed by atoms with Crippen molar-refractivity contribution in [1.29, 1.82) is 0 Å². The fourth-order valence-electron chi connectivity index (χ4n) is 2.86. The predicted molar refractivity (Wildman–Crippen MR) is 107 cm³/mol. The van der Waals surface area contributed by atoms with Crippen LogP contribution >= 0.6 is 0 Å². The van der Waals surface area contributed by atoms with Crippen LogP contribution in [0.5, 0.6) is 5.75 Å². The summed E-state index contributed by atoms with van der Waals surface area (Å²) in [5.41, 5.74) is 3.09. The maximum Gasteiger partial charge on any atom is 0.261 e. The SMILES string of the molecule is Cc1cccc(OCC(=O)N(Cc2nc(-c3cccc(C)c3)no2)C(C)C)c1. The minimum Gasteiger partial charge on any atom is -0.484 e. The van der Waals surface area contributed by atoms with Crippen molar-refractivity contribution >= 4 is 5.91 Å². The molecule has 28 heavy (non-hydrogen) atoms. The van der Waals surface area contributed by atoms with E-state index in [4.69, 9.17) is 9.26 Å². The van der Waals surface area contributed by atoms with E-state index >= 15 is 0 Å². The van der Waals surface area contributed by atoms with Gasteiger partial charge in [0.25, 0.3) is 5.91 Å². The third-order valence-corrected chi connectivity index (χ3v) is 4.35. The van der Waals surface area contributed by atoms with Gasteiger partial charge in [-0.2, -0.15) is 4.98 Å². The van der Waals surface area contributed by atoms with Crippen molar-refractivity contribution in [3.05, 3.63) is 65.5 Å². The van der Waals surface area contributed by atoms with Gasteiger partial charge in [-0.15, -0.1) is 0 Å². The van der Waals surface area contributed by atoms with Crippen molar-refractivity contribution in [2.45, 2.75) is 40.3 Å². The summed E-state index contributed by atoms with van der Waals surface area (Å²) in [5.74, 6) is 1.46. The molecule has 0 bridgehead atoms. The number of rotatable bonds is 7. The number of nitrogens with zero attached hydrogens (tertiary/aromatic N) is 3. The Balaban J connectivity index is 1.66. The lowest BCUT2D eigenvalue weighted by Crippen LogP contribution is -2.39. The lowest BCUT2D eigenvalue weighted by atomic mass is 10.1. The lowest BCUT2D eigenvalue weighted by Gasteiger charge is -2.25. The third-order valence-electron chi connectivity index (χ3n) is 4.35. The van der Waals surface area contributed by atoms with Gasteiger partial charge < -0.3 is 14.2 Å². The second-order valence-electron chi connectivity index (χ2n) is 7.10. The van der Waals surface area contributed by atoms with Gasteiger partial charge in [-0.05, 0) is 51.5 Å². The molecule has 3 rings (SSSR count). The molecule has 0 atom stereocenters. The summed E-state index contributed by atoms with van der Waals surface area (Å²) < 4.78 is 11.0. The summed E-state index contributed by atoms with van der Waals surface area (Å²) in [7, 11) is 0. The largest absolute Gasteiger partial charge is 0.484 e. The Kier molecular flexibility index (Phi) is 6.09. The number of aryl methyl sites for hydroxylation is 2. The molecule has 0 fully saturated rings. The maximum absolute atomic E-state index is 12.7. The van der Waals surface area contributed by atoms with E-state index in [9.17, 15) is 4.79 Å². The summed E-state index contributed by atoms with van der Waals surface area (Å²) >= 11 is 0. The van der Waals surface area contributed by atoms with Gasteiger partial charge in [0.15, 0.2) is 6.61 Å². The fraction of sp³-hybridized carbons (Fsp3) is 0.318. The first kappa shape index (κ1) is 19.6. The van der Waals surface area contributed by atoms with Crippen molar-refractivity contribution in [3.8, 4) is 17.1 Å². The Hall–Kier alpha value is -3.15. The van der Waals surface area contributed by atoms with Crippen molar-refractivity contribution in [1.82, 2.24) is 15.0 Å². The van der Waals surface area contributed by atoms with E-state index < -0.39 is 0 Å². The molecular formula is C22H25N3O3. The molecule has 1 aromatic heterocycles. The zero-order valence-electron chi connectivity index (χ0n) is 16.7. The second kappa shape index (κ2) is 8.69. The summed E-state index contributed by atoms with van der Waals surface area (Å²) in [6.45, 7) is 8.09. The Bertz CT molecular complexity index is 949. The number of carbonyl (C=O) groups is 1. The number of ether oxygens (including phenoxy) is 1. The van der Waals surface area contributed by atoms with Crippen LogP contribution in [-0.2, 0) is 11.3 Å². The molecule has 1 amide bonds. The van der Waals surface area contributed by atoms with E-state index in [2.05, 4.69) is 10.1 Å². The van der Waals surface area contributed by atoms with Crippen LogP contribution in [0.4, 0.5) is 0 Å². The average molecular weight is 379 g/mol. The first-order chi connectivity index (χ1) is 13.4. The van der Waals surface area contributed by atoms with Gasteiger partial charge in [0.05, 0.1) is 0 Å². The zero-order valence-corrected chi connectivity index (χ0v) is 16.7. The van der Waals surface area contributed by atoms with Crippen molar-refractivity contribution in [2.75, 3.05) is 6.61 Å². The topological polar surface area (TPSA) is 68.5 Å². The summed E-state index contributed by atoms with van der Waals surface area (Å²) in [4.78, 5) is 18.8. The Morgan fingerprint density at radius 1 is 1.11 bits per heavy atom. The van der Waals surface area contributed by atoms with Crippen LogP contribution in [0, 0.1) is 13.8 Å². The Morgan fingerprint density at radius 2 is 1.82 bits per heavy atom. The van der Waals surface area contributed by atoms with Crippen molar-refractivity contribution in [3.63, 3.8) is 0 Å². The number of amides is 1. The number of carbonyl (C=O) groups excluding carboxylic acids is 1. The molecule has 0 spiro atoms. The molecule has 0 unspecified atom stereocenters. The molecule has 2 aromatic carbocycles. The zero-order chi connectivity index (χ0) is 20.1.